The van der Waals surface area contributed by atoms with Crippen LogP contribution in [-0.4, -0.2) is 71.1 Å². The Labute approximate surface area is 176 Å². The van der Waals surface area contributed by atoms with Gasteiger partial charge < -0.3 is 19.9 Å². The van der Waals surface area contributed by atoms with Gasteiger partial charge in [-0.1, -0.05) is 30.3 Å². The van der Waals surface area contributed by atoms with E-state index in [1.165, 1.54) is 5.56 Å². The van der Waals surface area contributed by atoms with Crippen molar-refractivity contribution in [2.24, 2.45) is 0 Å². The van der Waals surface area contributed by atoms with Crippen LogP contribution in [0.2, 0.25) is 0 Å². The molecule has 8 heteroatoms. The van der Waals surface area contributed by atoms with E-state index in [4.69, 9.17) is 4.74 Å². The molecule has 0 unspecified atom stereocenters. The Balaban J connectivity index is 1.49. The molecule has 0 aliphatic carbocycles. The summed E-state index contributed by atoms with van der Waals surface area (Å²) in [6, 6.07) is 9.82. The van der Waals surface area contributed by atoms with Gasteiger partial charge in [-0.3, -0.25) is 9.59 Å². The lowest BCUT2D eigenvalue weighted by Crippen LogP contribution is -2.55. The van der Waals surface area contributed by atoms with Gasteiger partial charge in [-0.25, -0.2) is 4.79 Å². The molecule has 1 aromatic rings. The minimum atomic E-state index is -0.434. The van der Waals surface area contributed by atoms with Crippen LogP contribution in [0.15, 0.2) is 30.3 Å². The zero-order chi connectivity index (χ0) is 20.7. The third-order valence-electron chi connectivity index (χ3n) is 5.47. The number of nitrogens with zero attached hydrogens (tertiary/aromatic N) is 2. The van der Waals surface area contributed by atoms with Gasteiger partial charge >= 0.3 is 12.0 Å². The molecule has 0 saturated carbocycles. The second-order valence-electron chi connectivity index (χ2n) is 7.28. The Morgan fingerprint density at radius 1 is 1.14 bits per heavy atom. The number of aryl methyl sites for hydroxylation is 1. The van der Waals surface area contributed by atoms with Crippen molar-refractivity contribution in [3.05, 3.63) is 35.9 Å². The van der Waals surface area contributed by atoms with Crippen LogP contribution in [0.4, 0.5) is 4.79 Å². The number of thioether (sulfide) groups is 1. The minimum Gasteiger partial charge on any atom is -0.465 e. The lowest BCUT2D eigenvalue weighted by atomic mass is 10.0. The van der Waals surface area contributed by atoms with E-state index in [2.05, 4.69) is 17.4 Å². The summed E-state index contributed by atoms with van der Waals surface area (Å²) in [5.41, 5.74) is 1.18. The Morgan fingerprint density at radius 3 is 2.55 bits per heavy atom. The van der Waals surface area contributed by atoms with E-state index in [0.717, 1.165) is 31.6 Å². The van der Waals surface area contributed by atoms with E-state index in [1.807, 2.05) is 34.9 Å². The molecule has 1 spiro atoms. The second kappa shape index (κ2) is 10.0. The zero-order valence-electron chi connectivity index (χ0n) is 16.9. The first-order valence-electron chi connectivity index (χ1n) is 10.2. The minimum absolute atomic E-state index is 0.118. The normalized spacial score (nSPS) is 18.0. The summed E-state index contributed by atoms with van der Waals surface area (Å²) in [6.45, 7) is 3.83. The van der Waals surface area contributed by atoms with Crippen molar-refractivity contribution >= 4 is 29.7 Å². The van der Waals surface area contributed by atoms with Crippen molar-refractivity contribution in [1.82, 2.24) is 15.1 Å². The van der Waals surface area contributed by atoms with Gasteiger partial charge in [0.2, 0.25) is 5.91 Å². The van der Waals surface area contributed by atoms with Crippen molar-refractivity contribution in [2.45, 2.75) is 37.5 Å². The Bertz CT molecular complexity index is 720. The highest BCUT2D eigenvalue weighted by Gasteiger charge is 2.46. The summed E-state index contributed by atoms with van der Waals surface area (Å²) >= 11 is 1.83. The first-order valence-corrected chi connectivity index (χ1v) is 11.2. The summed E-state index contributed by atoms with van der Waals surface area (Å²) in [6.07, 6.45) is 2.76. The molecule has 3 rings (SSSR count). The van der Waals surface area contributed by atoms with Gasteiger partial charge in [-0.05, 0) is 31.7 Å². The van der Waals surface area contributed by atoms with E-state index in [0.29, 0.717) is 26.1 Å². The van der Waals surface area contributed by atoms with Crippen LogP contribution < -0.4 is 5.32 Å². The fourth-order valence-corrected chi connectivity index (χ4v) is 5.41. The van der Waals surface area contributed by atoms with Crippen molar-refractivity contribution in [3.63, 3.8) is 0 Å². The van der Waals surface area contributed by atoms with Gasteiger partial charge in [-0.2, -0.15) is 0 Å². The summed E-state index contributed by atoms with van der Waals surface area (Å²) in [5.74, 6) is 0.696. The molecule has 0 bridgehead atoms. The maximum atomic E-state index is 12.9. The molecule has 2 saturated heterocycles. The highest BCUT2D eigenvalue weighted by Crippen LogP contribution is 2.44. The fourth-order valence-electron chi connectivity index (χ4n) is 3.94. The number of esters is 1. The number of ether oxygens (including phenoxy) is 1. The second-order valence-corrected chi connectivity index (χ2v) is 8.73. The number of rotatable bonds is 6. The Morgan fingerprint density at radius 2 is 1.86 bits per heavy atom. The number of nitrogens with one attached hydrogen (secondary N) is 1. The monoisotopic (exact) mass is 419 g/mol. The molecule has 1 N–H and O–H groups in total. The first-order chi connectivity index (χ1) is 14.0. The quantitative estimate of drug-likeness (QED) is 0.716. The molecule has 2 aliphatic heterocycles. The van der Waals surface area contributed by atoms with Crippen LogP contribution >= 0.6 is 11.8 Å². The van der Waals surface area contributed by atoms with Crippen molar-refractivity contribution < 1.29 is 19.1 Å². The predicted molar refractivity (Wildman–Crippen MR) is 113 cm³/mol. The number of carbonyl (C=O) groups excluding carboxylic acids is 3. The molecule has 0 aromatic heterocycles. The van der Waals surface area contributed by atoms with E-state index in [1.54, 1.807) is 11.8 Å². The number of piperidine rings is 1. The van der Waals surface area contributed by atoms with Gasteiger partial charge in [0.15, 0.2) is 0 Å². The average Bonchev–Trinajstić information content (AvgIpc) is 3.15. The molecule has 29 heavy (non-hydrogen) atoms. The number of urea groups is 1. The predicted octanol–water partition coefficient (Wildman–Crippen LogP) is 2.26. The highest BCUT2D eigenvalue weighted by atomic mass is 32.2. The standard InChI is InChI=1S/C21H29N3O4S/c1-2-28-19(26)16-22-20(27)23-12-10-21(11-13-23)24(14-15-29-21)18(25)9-8-17-6-4-3-5-7-17/h3-7H,2,8-16H2,1H3,(H,22,27). The van der Waals surface area contributed by atoms with Gasteiger partial charge in [-0.15, -0.1) is 11.8 Å². The van der Waals surface area contributed by atoms with Crippen molar-refractivity contribution in [3.8, 4) is 0 Å². The van der Waals surface area contributed by atoms with E-state index in [9.17, 15) is 14.4 Å². The van der Waals surface area contributed by atoms with Crippen molar-refractivity contribution in [2.75, 3.05) is 38.5 Å². The van der Waals surface area contributed by atoms with Gasteiger partial charge in [0, 0.05) is 31.8 Å². The van der Waals surface area contributed by atoms with Crippen LogP contribution in [0.3, 0.4) is 0 Å². The SMILES string of the molecule is CCOC(=O)CNC(=O)N1CCC2(CC1)SCCN2C(=O)CCc1ccccc1. The lowest BCUT2D eigenvalue weighted by Gasteiger charge is -2.44. The molecule has 158 valence electrons. The number of carbonyl (C=O) groups is 3. The number of benzene rings is 1. The molecular formula is C21H29N3O4S. The summed E-state index contributed by atoms with van der Waals surface area (Å²) in [5, 5.41) is 2.61. The molecule has 2 aliphatic rings. The fraction of sp³-hybridized carbons (Fsp3) is 0.571. The van der Waals surface area contributed by atoms with E-state index >= 15 is 0 Å². The summed E-state index contributed by atoms with van der Waals surface area (Å²) < 4.78 is 4.83. The first kappa shape index (κ1) is 21.5. The van der Waals surface area contributed by atoms with Crippen LogP contribution in [0.25, 0.3) is 0 Å². The summed E-state index contributed by atoms with van der Waals surface area (Å²) in [4.78, 5) is 40.2. The largest absolute Gasteiger partial charge is 0.465 e. The van der Waals surface area contributed by atoms with Gasteiger partial charge in [0.1, 0.15) is 6.54 Å². The Hall–Kier alpha value is -2.22. The third kappa shape index (κ3) is 5.44. The van der Waals surface area contributed by atoms with Gasteiger partial charge in [0.05, 0.1) is 11.5 Å². The molecular weight excluding hydrogens is 390 g/mol. The number of hydrogen-bond acceptors (Lipinski definition) is 5. The molecule has 0 atom stereocenters. The topological polar surface area (TPSA) is 79.0 Å². The maximum Gasteiger partial charge on any atom is 0.325 e. The van der Waals surface area contributed by atoms with Crippen LogP contribution in [0, 0.1) is 0 Å². The molecule has 0 radical (unpaired) electrons. The van der Waals surface area contributed by atoms with Crippen molar-refractivity contribution in [1.29, 1.82) is 0 Å². The molecule has 3 amide bonds. The van der Waals surface area contributed by atoms with E-state index in [-0.39, 0.29) is 23.4 Å². The number of amides is 3. The highest BCUT2D eigenvalue weighted by molar-refractivity contribution is 8.00. The molecule has 2 heterocycles. The van der Waals surface area contributed by atoms with Crippen LogP contribution in [0.5, 0.6) is 0 Å². The van der Waals surface area contributed by atoms with Crippen LogP contribution in [-0.2, 0) is 20.7 Å². The smallest absolute Gasteiger partial charge is 0.325 e. The number of likely N-dealkylation sites (tertiary alicyclic amines) is 1. The molecule has 1 aromatic carbocycles. The number of hydrogen-bond donors (Lipinski definition) is 1. The van der Waals surface area contributed by atoms with Gasteiger partial charge in [0.25, 0.3) is 0 Å². The van der Waals surface area contributed by atoms with Crippen LogP contribution in [0.1, 0.15) is 31.7 Å². The molecule has 2 fully saturated rings. The van der Waals surface area contributed by atoms with E-state index < -0.39 is 5.97 Å². The average molecular weight is 420 g/mol. The summed E-state index contributed by atoms with van der Waals surface area (Å²) in [7, 11) is 0. The molecule has 7 nitrogen and oxygen atoms in total. The zero-order valence-corrected chi connectivity index (χ0v) is 17.7. The lowest BCUT2D eigenvalue weighted by molar-refractivity contribution is -0.142. The maximum absolute atomic E-state index is 12.9. The Kier molecular flexibility index (Phi) is 7.41. The third-order valence-corrected chi connectivity index (χ3v) is 7.02.